The molecule has 1 atom stereocenters. The molecule has 0 aliphatic rings. The van der Waals surface area contributed by atoms with Crippen LogP contribution in [-0.4, -0.2) is 18.6 Å². The van der Waals surface area contributed by atoms with Crippen LogP contribution in [0.1, 0.15) is 33.1 Å². The molecule has 12 heavy (non-hydrogen) atoms. The SMILES string of the molecule is CCCC(CC)NOCC(N)=O. The summed E-state index contributed by atoms with van der Waals surface area (Å²) in [4.78, 5) is 15.2. The molecule has 0 saturated heterocycles. The van der Waals surface area contributed by atoms with Crippen molar-refractivity contribution < 1.29 is 9.63 Å². The average Bonchev–Trinajstić information content (AvgIpc) is 2.02. The van der Waals surface area contributed by atoms with E-state index in [0.29, 0.717) is 6.04 Å². The Bertz CT molecular complexity index is 128. The summed E-state index contributed by atoms with van der Waals surface area (Å²) in [5.74, 6) is -0.450. The first-order chi connectivity index (χ1) is 5.70. The quantitative estimate of drug-likeness (QED) is 0.555. The van der Waals surface area contributed by atoms with Crippen molar-refractivity contribution in [1.29, 1.82) is 0 Å². The van der Waals surface area contributed by atoms with Gasteiger partial charge in [-0.1, -0.05) is 20.3 Å². The van der Waals surface area contributed by atoms with Gasteiger partial charge in [-0.2, -0.15) is 5.48 Å². The second kappa shape index (κ2) is 7.06. The molecule has 0 heterocycles. The molecule has 1 unspecified atom stereocenters. The maximum Gasteiger partial charge on any atom is 0.245 e. The van der Waals surface area contributed by atoms with Crippen molar-refractivity contribution in [3.63, 3.8) is 0 Å². The molecule has 0 aromatic rings. The van der Waals surface area contributed by atoms with Crippen molar-refractivity contribution in [2.45, 2.75) is 39.2 Å². The van der Waals surface area contributed by atoms with Crippen LogP contribution in [0.4, 0.5) is 0 Å². The summed E-state index contributed by atoms with van der Waals surface area (Å²) in [6, 6.07) is 0.328. The maximum absolute atomic E-state index is 10.3. The standard InChI is InChI=1S/C8H18N2O2/c1-3-5-7(4-2)10-12-6-8(9)11/h7,10H,3-6H2,1-2H3,(H2,9,11). The van der Waals surface area contributed by atoms with Gasteiger partial charge in [0.05, 0.1) is 0 Å². The second-order valence-electron chi connectivity index (χ2n) is 2.77. The zero-order valence-electron chi connectivity index (χ0n) is 7.80. The third-order valence-electron chi connectivity index (χ3n) is 1.59. The van der Waals surface area contributed by atoms with Crippen LogP contribution in [0.2, 0.25) is 0 Å². The third kappa shape index (κ3) is 6.12. The highest BCUT2D eigenvalue weighted by molar-refractivity contribution is 5.74. The molecule has 0 aliphatic heterocycles. The molecule has 0 saturated carbocycles. The molecule has 0 aliphatic carbocycles. The Hall–Kier alpha value is -0.610. The van der Waals surface area contributed by atoms with Crippen LogP contribution in [0.25, 0.3) is 0 Å². The number of hydrogen-bond donors (Lipinski definition) is 2. The van der Waals surface area contributed by atoms with Crippen molar-refractivity contribution in [2.24, 2.45) is 5.73 Å². The number of nitrogens with two attached hydrogens (primary N) is 1. The van der Waals surface area contributed by atoms with E-state index in [4.69, 9.17) is 10.6 Å². The van der Waals surface area contributed by atoms with Gasteiger partial charge in [-0.05, 0) is 12.8 Å². The largest absolute Gasteiger partial charge is 0.368 e. The highest BCUT2D eigenvalue weighted by Crippen LogP contribution is 1.99. The number of rotatable bonds is 7. The lowest BCUT2D eigenvalue weighted by atomic mass is 10.1. The Labute approximate surface area is 73.4 Å². The van der Waals surface area contributed by atoms with Gasteiger partial charge in [0.1, 0.15) is 6.61 Å². The molecule has 4 heteroatoms. The zero-order valence-corrected chi connectivity index (χ0v) is 7.80. The van der Waals surface area contributed by atoms with E-state index in [-0.39, 0.29) is 6.61 Å². The number of nitrogens with one attached hydrogen (secondary N) is 1. The lowest BCUT2D eigenvalue weighted by molar-refractivity contribution is -0.126. The van der Waals surface area contributed by atoms with Crippen LogP contribution in [0.5, 0.6) is 0 Å². The molecule has 72 valence electrons. The van der Waals surface area contributed by atoms with Gasteiger partial charge in [-0.3, -0.25) is 9.63 Å². The van der Waals surface area contributed by atoms with Crippen LogP contribution >= 0.6 is 0 Å². The minimum atomic E-state index is -0.450. The molecule has 0 aromatic carbocycles. The van der Waals surface area contributed by atoms with E-state index in [1.165, 1.54) is 0 Å². The van der Waals surface area contributed by atoms with Crippen LogP contribution in [0.15, 0.2) is 0 Å². The molecule has 0 aromatic heterocycles. The van der Waals surface area contributed by atoms with Gasteiger partial charge < -0.3 is 5.73 Å². The van der Waals surface area contributed by atoms with E-state index in [1.807, 2.05) is 0 Å². The average molecular weight is 174 g/mol. The molecule has 0 fully saturated rings. The number of amides is 1. The molecule has 3 N–H and O–H groups in total. The Kier molecular flexibility index (Phi) is 6.70. The molecule has 1 amide bonds. The number of hydroxylamine groups is 1. The Morgan fingerprint density at radius 2 is 2.25 bits per heavy atom. The van der Waals surface area contributed by atoms with Crippen molar-refractivity contribution >= 4 is 5.91 Å². The Balaban J connectivity index is 3.37. The molecular weight excluding hydrogens is 156 g/mol. The minimum Gasteiger partial charge on any atom is -0.368 e. The van der Waals surface area contributed by atoms with E-state index in [0.717, 1.165) is 19.3 Å². The molecule has 0 rings (SSSR count). The molecule has 0 bridgehead atoms. The molecule has 0 spiro atoms. The fourth-order valence-electron chi connectivity index (χ4n) is 0.925. The molecule has 0 radical (unpaired) electrons. The monoisotopic (exact) mass is 174 g/mol. The van der Waals surface area contributed by atoms with Crippen molar-refractivity contribution in [3.8, 4) is 0 Å². The van der Waals surface area contributed by atoms with Gasteiger partial charge in [0.25, 0.3) is 0 Å². The van der Waals surface area contributed by atoms with Crippen molar-refractivity contribution in [3.05, 3.63) is 0 Å². The summed E-state index contributed by atoms with van der Waals surface area (Å²) >= 11 is 0. The predicted molar refractivity (Wildman–Crippen MR) is 47.3 cm³/mol. The maximum atomic E-state index is 10.3. The highest BCUT2D eigenvalue weighted by Gasteiger charge is 2.04. The predicted octanol–water partition coefficient (Wildman–Crippen LogP) is 0.572. The van der Waals surface area contributed by atoms with Crippen LogP contribution in [0, 0.1) is 0 Å². The number of primary amides is 1. The smallest absolute Gasteiger partial charge is 0.245 e. The van der Waals surface area contributed by atoms with Gasteiger partial charge in [-0.25, -0.2) is 0 Å². The normalized spacial score (nSPS) is 12.8. The summed E-state index contributed by atoms with van der Waals surface area (Å²) in [6.07, 6.45) is 3.15. The van der Waals surface area contributed by atoms with Gasteiger partial charge >= 0.3 is 0 Å². The summed E-state index contributed by atoms with van der Waals surface area (Å²) in [6.45, 7) is 4.12. The topological polar surface area (TPSA) is 64.3 Å². The molecule has 4 nitrogen and oxygen atoms in total. The summed E-state index contributed by atoms with van der Waals surface area (Å²) in [5.41, 5.74) is 7.69. The van der Waals surface area contributed by atoms with Crippen molar-refractivity contribution in [1.82, 2.24) is 5.48 Å². The second-order valence-corrected chi connectivity index (χ2v) is 2.77. The molecular formula is C8H18N2O2. The fraction of sp³-hybridized carbons (Fsp3) is 0.875. The van der Waals surface area contributed by atoms with E-state index in [2.05, 4.69) is 19.3 Å². The number of carbonyl (C=O) groups excluding carboxylic acids is 1. The Morgan fingerprint density at radius 1 is 1.58 bits per heavy atom. The van der Waals surface area contributed by atoms with Gasteiger partial charge in [0, 0.05) is 6.04 Å². The first kappa shape index (κ1) is 11.4. The summed E-state index contributed by atoms with van der Waals surface area (Å²) < 4.78 is 0. The summed E-state index contributed by atoms with van der Waals surface area (Å²) in [7, 11) is 0. The lowest BCUT2D eigenvalue weighted by Crippen LogP contribution is -2.32. The van der Waals surface area contributed by atoms with Gasteiger partial charge in [-0.15, -0.1) is 0 Å². The minimum absolute atomic E-state index is 0.0553. The lowest BCUT2D eigenvalue weighted by Gasteiger charge is -2.14. The number of hydrogen-bond acceptors (Lipinski definition) is 3. The fourth-order valence-corrected chi connectivity index (χ4v) is 0.925. The van der Waals surface area contributed by atoms with E-state index in [1.54, 1.807) is 0 Å². The van der Waals surface area contributed by atoms with Gasteiger partial charge in [0.2, 0.25) is 5.91 Å². The van der Waals surface area contributed by atoms with Crippen LogP contribution in [-0.2, 0) is 9.63 Å². The highest BCUT2D eigenvalue weighted by atomic mass is 16.6. The first-order valence-corrected chi connectivity index (χ1v) is 4.36. The zero-order chi connectivity index (χ0) is 9.40. The van der Waals surface area contributed by atoms with E-state index in [9.17, 15) is 4.79 Å². The van der Waals surface area contributed by atoms with Crippen LogP contribution in [0.3, 0.4) is 0 Å². The van der Waals surface area contributed by atoms with Crippen LogP contribution < -0.4 is 11.2 Å². The Morgan fingerprint density at radius 3 is 2.67 bits per heavy atom. The van der Waals surface area contributed by atoms with Crippen molar-refractivity contribution in [2.75, 3.05) is 6.61 Å². The summed E-state index contributed by atoms with van der Waals surface area (Å²) in [5, 5.41) is 0. The van der Waals surface area contributed by atoms with Gasteiger partial charge in [0.15, 0.2) is 0 Å². The number of carbonyl (C=O) groups is 1. The van der Waals surface area contributed by atoms with E-state index >= 15 is 0 Å². The van der Waals surface area contributed by atoms with E-state index < -0.39 is 5.91 Å². The third-order valence-corrected chi connectivity index (χ3v) is 1.59. The first-order valence-electron chi connectivity index (χ1n) is 4.36.